The van der Waals surface area contributed by atoms with Crippen molar-refractivity contribution in [2.45, 2.75) is 10.6 Å². The number of methoxy groups -OCH3 is 1. The first kappa shape index (κ1) is 21.8. The van der Waals surface area contributed by atoms with Gasteiger partial charge in [0.2, 0.25) is 10.0 Å². The van der Waals surface area contributed by atoms with Gasteiger partial charge in [0.05, 0.1) is 23.5 Å². The molecule has 0 aromatic heterocycles. The molecule has 0 aliphatic carbocycles. The van der Waals surface area contributed by atoms with Crippen LogP contribution >= 0.6 is 0 Å². The van der Waals surface area contributed by atoms with Gasteiger partial charge in [-0.3, -0.25) is 4.90 Å². The van der Waals surface area contributed by atoms with E-state index in [4.69, 9.17) is 4.74 Å². The SMILES string of the molecule is COc1cccc(S(=O)(=O)CCN2CCN(S(=O)(=O)Cc3ccccc3)CC2)c1. The second kappa shape index (κ2) is 9.25. The molecule has 0 radical (unpaired) electrons. The fourth-order valence-electron chi connectivity index (χ4n) is 3.27. The molecule has 3 rings (SSSR count). The summed E-state index contributed by atoms with van der Waals surface area (Å²) in [5, 5.41) is 0. The second-order valence-corrected chi connectivity index (χ2v) is 11.1. The highest BCUT2D eigenvalue weighted by atomic mass is 32.2. The molecule has 1 aliphatic rings. The van der Waals surface area contributed by atoms with Crippen LogP contribution in [-0.2, 0) is 25.6 Å². The molecule has 1 heterocycles. The third-order valence-electron chi connectivity index (χ3n) is 4.99. The van der Waals surface area contributed by atoms with E-state index in [1.54, 1.807) is 30.3 Å². The number of hydrogen-bond acceptors (Lipinski definition) is 6. The Balaban J connectivity index is 1.53. The predicted octanol–water partition coefficient (Wildman–Crippen LogP) is 1.62. The summed E-state index contributed by atoms with van der Waals surface area (Å²) >= 11 is 0. The van der Waals surface area contributed by atoms with Crippen LogP contribution in [-0.4, -0.2) is 71.6 Å². The van der Waals surface area contributed by atoms with Gasteiger partial charge < -0.3 is 4.74 Å². The Morgan fingerprint density at radius 1 is 0.897 bits per heavy atom. The summed E-state index contributed by atoms with van der Waals surface area (Å²) in [6.07, 6.45) is 0. The van der Waals surface area contributed by atoms with E-state index < -0.39 is 19.9 Å². The third kappa shape index (κ3) is 5.79. The molecule has 0 saturated carbocycles. The predicted molar refractivity (Wildman–Crippen MR) is 112 cm³/mol. The summed E-state index contributed by atoms with van der Waals surface area (Å²) in [6.45, 7) is 2.14. The minimum atomic E-state index is -3.43. The molecule has 0 bridgehead atoms. The number of ether oxygens (including phenoxy) is 1. The van der Waals surface area contributed by atoms with Crippen LogP contribution in [0.4, 0.5) is 0 Å². The van der Waals surface area contributed by atoms with E-state index in [0.29, 0.717) is 38.5 Å². The molecular weight excluding hydrogens is 412 g/mol. The normalized spacial score (nSPS) is 16.6. The summed E-state index contributed by atoms with van der Waals surface area (Å²) in [5.41, 5.74) is 0.763. The number of sulfone groups is 1. The molecule has 9 heteroatoms. The minimum absolute atomic E-state index is 0.0158. The van der Waals surface area contributed by atoms with Crippen LogP contribution < -0.4 is 4.74 Å². The van der Waals surface area contributed by atoms with Crippen molar-refractivity contribution in [3.05, 3.63) is 60.2 Å². The summed E-state index contributed by atoms with van der Waals surface area (Å²) in [4.78, 5) is 2.23. The Kier molecular flexibility index (Phi) is 6.94. The Hall–Kier alpha value is -1.94. The van der Waals surface area contributed by atoms with Crippen LogP contribution in [0.25, 0.3) is 0 Å². The summed E-state index contributed by atoms with van der Waals surface area (Å²) < 4.78 is 57.0. The van der Waals surface area contributed by atoms with Crippen molar-refractivity contribution in [1.29, 1.82) is 0 Å². The Labute approximate surface area is 172 Å². The van der Waals surface area contributed by atoms with E-state index in [1.807, 2.05) is 23.1 Å². The highest BCUT2D eigenvalue weighted by Crippen LogP contribution is 2.19. The van der Waals surface area contributed by atoms with Gasteiger partial charge in [-0.2, -0.15) is 4.31 Å². The fourth-order valence-corrected chi connectivity index (χ4v) is 6.10. The lowest BCUT2D eigenvalue weighted by atomic mass is 10.2. The Bertz CT molecular complexity index is 1020. The molecule has 0 unspecified atom stereocenters. The maximum absolute atomic E-state index is 12.6. The van der Waals surface area contributed by atoms with Crippen molar-refractivity contribution in [2.24, 2.45) is 0 Å². The van der Waals surface area contributed by atoms with Gasteiger partial charge in [0.15, 0.2) is 9.84 Å². The van der Waals surface area contributed by atoms with Gasteiger partial charge in [-0.05, 0) is 23.8 Å². The van der Waals surface area contributed by atoms with E-state index in [2.05, 4.69) is 0 Å². The lowest BCUT2D eigenvalue weighted by Crippen LogP contribution is -2.49. The van der Waals surface area contributed by atoms with Crippen LogP contribution in [0.5, 0.6) is 5.75 Å². The number of piperazine rings is 1. The summed E-state index contributed by atoms with van der Waals surface area (Å²) in [7, 11) is -5.31. The van der Waals surface area contributed by atoms with Gasteiger partial charge >= 0.3 is 0 Å². The maximum atomic E-state index is 12.6. The monoisotopic (exact) mass is 438 g/mol. The maximum Gasteiger partial charge on any atom is 0.218 e. The molecule has 1 aliphatic heterocycles. The van der Waals surface area contributed by atoms with Gasteiger partial charge in [0.1, 0.15) is 5.75 Å². The van der Waals surface area contributed by atoms with Crippen molar-refractivity contribution < 1.29 is 21.6 Å². The Morgan fingerprint density at radius 2 is 1.59 bits per heavy atom. The van der Waals surface area contributed by atoms with E-state index in [0.717, 1.165) is 5.56 Å². The first-order valence-corrected chi connectivity index (χ1v) is 12.7. The standard InChI is InChI=1S/C20H26N2O5S2/c1-27-19-8-5-9-20(16-19)28(23,24)15-14-21-10-12-22(13-11-21)29(25,26)17-18-6-3-2-4-7-18/h2-9,16H,10-15,17H2,1H3. The quantitative estimate of drug-likeness (QED) is 0.623. The number of hydrogen-bond donors (Lipinski definition) is 0. The number of rotatable bonds is 8. The van der Waals surface area contributed by atoms with Gasteiger partial charge in [-0.1, -0.05) is 36.4 Å². The molecule has 2 aromatic rings. The Morgan fingerprint density at radius 3 is 2.24 bits per heavy atom. The average molecular weight is 439 g/mol. The summed E-state index contributed by atoms with van der Waals surface area (Å²) in [6, 6.07) is 15.5. The van der Waals surface area contributed by atoms with Crippen molar-refractivity contribution in [2.75, 3.05) is 45.6 Å². The molecular formula is C20H26N2O5S2. The van der Waals surface area contributed by atoms with Crippen molar-refractivity contribution in [3.63, 3.8) is 0 Å². The molecule has 0 atom stereocenters. The lowest BCUT2D eigenvalue weighted by Gasteiger charge is -2.33. The zero-order valence-corrected chi connectivity index (χ0v) is 18.0. The van der Waals surface area contributed by atoms with E-state index in [9.17, 15) is 16.8 Å². The first-order valence-electron chi connectivity index (χ1n) is 9.41. The van der Waals surface area contributed by atoms with E-state index in [-0.39, 0.29) is 16.4 Å². The van der Waals surface area contributed by atoms with Gasteiger partial charge in [-0.15, -0.1) is 0 Å². The smallest absolute Gasteiger partial charge is 0.218 e. The minimum Gasteiger partial charge on any atom is -0.497 e. The van der Waals surface area contributed by atoms with Crippen molar-refractivity contribution >= 4 is 19.9 Å². The highest BCUT2D eigenvalue weighted by Gasteiger charge is 2.27. The molecule has 29 heavy (non-hydrogen) atoms. The molecule has 0 amide bonds. The van der Waals surface area contributed by atoms with E-state index in [1.165, 1.54) is 17.5 Å². The van der Waals surface area contributed by atoms with Crippen LogP contribution in [0.2, 0.25) is 0 Å². The first-order chi connectivity index (χ1) is 13.8. The molecule has 1 fully saturated rings. The molecule has 2 aromatic carbocycles. The average Bonchev–Trinajstić information content (AvgIpc) is 2.73. The molecule has 0 spiro atoms. The van der Waals surface area contributed by atoms with E-state index >= 15 is 0 Å². The third-order valence-corrected chi connectivity index (χ3v) is 8.54. The zero-order valence-electron chi connectivity index (χ0n) is 16.4. The fraction of sp³-hybridized carbons (Fsp3) is 0.400. The summed E-state index contributed by atoms with van der Waals surface area (Å²) in [5.74, 6) is 0.470. The second-order valence-electron chi connectivity index (χ2n) is 6.98. The zero-order chi connectivity index (χ0) is 20.9. The topological polar surface area (TPSA) is 84.0 Å². The van der Waals surface area contributed by atoms with Crippen LogP contribution in [0.15, 0.2) is 59.5 Å². The van der Waals surface area contributed by atoms with Crippen LogP contribution in [0.1, 0.15) is 5.56 Å². The molecule has 0 N–H and O–H groups in total. The van der Waals surface area contributed by atoms with Crippen LogP contribution in [0, 0.1) is 0 Å². The van der Waals surface area contributed by atoms with Gasteiger partial charge in [-0.25, -0.2) is 16.8 Å². The number of nitrogens with zero attached hydrogens (tertiary/aromatic N) is 2. The molecule has 158 valence electrons. The van der Waals surface area contributed by atoms with Crippen molar-refractivity contribution in [1.82, 2.24) is 9.21 Å². The van der Waals surface area contributed by atoms with Crippen LogP contribution in [0.3, 0.4) is 0 Å². The number of sulfonamides is 1. The largest absolute Gasteiger partial charge is 0.497 e. The van der Waals surface area contributed by atoms with Gasteiger partial charge in [0.25, 0.3) is 0 Å². The van der Waals surface area contributed by atoms with Gasteiger partial charge in [0, 0.05) is 32.7 Å². The lowest BCUT2D eigenvalue weighted by molar-refractivity contribution is 0.197. The van der Waals surface area contributed by atoms with Crippen molar-refractivity contribution in [3.8, 4) is 5.75 Å². The number of benzene rings is 2. The molecule has 1 saturated heterocycles. The molecule has 7 nitrogen and oxygen atoms in total. The highest BCUT2D eigenvalue weighted by molar-refractivity contribution is 7.91.